The molecule has 152 valence electrons. The second kappa shape index (κ2) is 9.18. The fraction of sp³-hybridized carbons (Fsp3) is 0.435. The van der Waals surface area contributed by atoms with Gasteiger partial charge in [-0.15, -0.1) is 0 Å². The van der Waals surface area contributed by atoms with E-state index in [-0.39, 0.29) is 0 Å². The van der Waals surface area contributed by atoms with Crippen molar-refractivity contribution in [3.63, 3.8) is 0 Å². The first-order valence-electron chi connectivity index (χ1n) is 10.5. The largest absolute Gasteiger partial charge is 0.356 e. The minimum Gasteiger partial charge on any atom is -0.356 e. The molecule has 0 aliphatic carbocycles. The average Bonchev–Trinajstić information content (AvgIpc) is 3.23. The van der Waals surface area contributed by atoms with E-state index < -0.39 is 0 Å². The van der Waals surface area contributed by atoms with Crippen LogP contribution < -0.4 is 4.90 Å². The van der Waals surface area contributed by atoms with Gasteiger partial charge in [-0.3, -0.25) is 4.90 Å². The van der Waals surface area contributed by atoms with E-state index in [9.17, 15) is 0 Å². The van der Waals surface area contributed by atoms with Crippen LogP contribution in [-0.4, -0.2) is 39.7 Å². The number of benzene rings is 1. The third-order valence-electron chi connectivity index (χ3n) is 5.51. The van der Waals surface area contributed by atoms with Crippen LogP contribution >= 0.6 is 0 Å². The Labute approximate surface area is 172 Å². The Kier molecular flexibility index (Phi) is 6.20. The highest BCUT2D eigenvalue weighted by molar-refractivity contribution is 5.55. The highest BCUT2D eigenvalue weighted by Gasteiger charge is 2.18. The molecule has 0 radical (unpaired) electrons. The summed E-state index contributed by atoms with van der Waals surface area (Å²) in [5.41, 5.74) is 2.17. The summed E-state index contributed by atoms with van der Waals surface area (Å²) in [6.45, 7) is 9.01. The van der Waals surface area contributed by atoms with Crippen molar-refractivity contribution in [1.82, 2.24) is 20.0 Å². The highest BCUT2D eigenvalue weighted by atomic mass is 16.5. The molecule has 6 nitrogen and oxygen atoms in total. The Bertz CT molecular complexity index is 893. The minimum atomic E-state index is 0.599. The van der Waals surface area contributed by atoms with Gasteiger partial charge in [-0.2, -0.15) is 4.98 Å². The fourth-order valence-electron chi connectivity index (χ4n) is 3.85. The normalized spacial score (nSPS) is 17.1. The number of hydrogen-bond donors (Lipinski definition) is 0. The monoisotopic (exact) mass is 391 g/mol. The summed E-state index contributed by atoms with van der Waals surface area (Å²) >= 11 is 0. The summed E-state index contributed by atoms with van der Waals surface area (Å²) in [6, 6.07) is 14.5. The molecule has 6 heteroatoms. The van der Waals surface area contributed by atoms with Crippen molar-refractivity contribution >= 4 is 5.82 Å². The third kappa shape index (κ3) is 5.01. The molecule has 0 spiro atoms. The molecule has 29 heavy (non-hydrogen) atoms. The minimum absolute atomic E-state index is 0.599. The summed E-state index contributed by atoms with van der Waals surface area (Å²) in [5, 5.41) is 4.17. The van der Waals surface area contributed by atoms with Crippen molar-refractivity contribution in [3.8, 4) is 11.4 Å². The van der Waals surface area contributed by atoms with Crippen LogP contribution in [0.1, 0.15) is 38.1 Å². The van der Waals surface area contributed by atoms with Crippen LogP contribution in [0.5, 0.6) is 0 Å². The maximum Gasteiger partial charge on any atom is 0.241 e. The highest BCUT2D eigenvalue weighted by Crippen LogP contribution is 2.23. The lowest BCUT2D eigenvalue weighted by Gasteiger charge is -2.31. The predicted molar refractivity (Wildman–Crippen MR) is 114 cm³/mol. The Morgan fingerprint density at radius 2 is 2.00 bits per heavy atom. The van der Waals surface area contributed by atoms with E-state index in [4.69, 9.17) is 4.52 Å². The standard InChI is InChI=1S/C23H29N5O/c1-3-27(16-19-9-5-4-6-10-19)17-22-25-23(26-29-22)20-11-12-21(24-14-20)28-13-7-8-18(2)15-28/h4-6,9-12,14,18H,3,7-8,13,15-17H2,1-2H3/t18-/m0/s1. The lowest BCUT2D eigenvalue weighted by Crippen LogP contribution is -2.34. The Morgan fingerprint density at radius 1 is 1.14 bits per heavy atom. The first-order chi connectivity index (χ1) is 14.2. The molecule has 1 saturated heterocycles. The van der Waals surface area contributed by atoms with Gasteiger partial charge in [0, 0.05) is 31.4 Å². The van der Waals surface area contributed by atoms with Crippen LogP contribution in [0.3, 0.4) is 0 Å². The molecule has 3 heterocycles. The molecule has 1 aliphatic rings. The third-order valence-corrected chi connectivity index (χ3v) is 5.51. The summed E-state index contributed by atoms with van der Waals surface area (Å²) < 4.78 is 5.51. The van der Waals surface area contributed by atoms with E-state index in [2.05, 4.69) is 69.1 Å². The number of aromatic nitrogens is 3. The van der Waals surface area contributed by atoms with Crippen LogP contribution in [0.15, 0.2) is 53.2 Å². The van der Waals surface area contributed by atoms with Crippen molar-refractivity contribution in [2.24, 2.45) is 5.92 Å². The molecule has 2 aromatic heterocycles. The number of anilines is 1. The second-order valence-electron chi connectivity index (χ2n) is 7.90. The Hall–Kier alpha value is -2.73. The predicted octanol–water partition coefficient (Wildman–Crippen LogP) is 4.39. The van der Waals surface area contributed by atoms with E-state index in [0.717, 1.165) is 43.5 Å². The van der Waals surface area contributed by atoms with Crippen molar-refractivity contribution in [2.75, 3.05) is 24.5 Å². The molecule has 0 saturated carbocycles. The number of rotatable bonds is 7. The zero-order valence-electron chi connectivity index (χ0n) is 17.3. The van der Waals surface area contributed by atoms with Crippen LogP contribution in [0.25, 0.3) is 11.4 Å². The van der Waals surface area contributed by atoms with Gasteiger partial charge in [0.2, 0.25) is 11.7 Å². The SMILES string of the molecule is CCN(Cc1ccccc1)Cc1nc(-c2ccc(N3CCC[C@H](C)C3)nc2)no1. The average molecular weight is 392 g/mol. The van der Waals surface area contributed by atoms with Gasteiger partial charge in [-0.05, 0) is 43.0 Å². The van der Waals surface area contributed by atoms with Gasteiger partial charge in [0.25, 0.3) is 0 Å². The van der Waals surface area contributed by atoms with Crippen molar-refractivity contribution in [2.45, 2.75) is 39.8 Å². The number of hydrogen-bond acceptors (Lipinski definition) is 6. The smallest absolute Gasteiger partial charge is 0.241 e. The van der Waals surface area contributed by atoms with Gasteiger partial charge in [0.05, 0.1) is 6.54 Å². The van der Waals surface area contributed by atoms with Gasteiger partial charge >= 0.3 is 0 Å². The van der Waals surface area contributed by atoms with Crippen molar-refractivity contribution in [3.05, 3.63) is 60.1 Å². The molecule has 0 bridgehead atoms. The second-order valence-corrected chi connectivity index (χ2v) is 7.90. The van der Waals surface area contributed by atoms with E-state index in [1.54, 1.807) is 0 Å². The Morgan fingerprint density at radius 3 is 2.72 bits per heavy atom. The zero-order valence-corrected chi connectivity index (χ0v) is 17.3. The molecule has 3 aromatic rings. The fourth-order valence-corrected chi connectivity index (χ4v) is 3.85. The Balaban J connectivity index is 1.40. The van der Waals surface area contributed by atoms with Gasteiger partial charge < -0.3 is 9.42 Å². The molecule has 1 atom stereocenters. The lowest BCUT2D eigenvalue weighted by molar-refractivity contribution is 0.229. The first kappa shape index (κ1) is 19.6. The molecule has 0 unspecified atom stereocenters. The molecule has 1 fully saturated rings. The summed E-state index contributed by atoms with van der Waals surface area (Å²) in [5.74, 6) is 2.99. The lowest BCUT2D eigenvalue weighted by atomic mass is 10.0. The van der Waals surface area contributed by atoms with Gasteiger partial charge in [-0.25, -0.2) is 4.98 Å². The first-order valence-corrected chi connectivity index (χ1v) is 10.5. The van der Waals surface area contributed by atoms with E-state index in [1.165, 1.54) is 18.4 Å². The van der Waals surface area contributed by atoms with E-state index in [1.807, 2.05) is 18.3 Å². The number of pyridine rings is 1. The maximum atomic E-state index is 5.51. The van der Waals surface area contributed by atoms with Crippen LogP contribution in [0.2, 0.25) is 0 Å². The van der Waals surface area contributed by atoms with Crippen LogP contribution in [0, 0.1) is 5.92 Å². The van der Waals surface area contributed by atoms with E-state index >= 15 is 0 Å². The van der Waals surface area contributed by atoms with Gasteiger partial charge in [0.15, 0.2) is 0 Å². The van der Waals surface area contributed by atoms with Crippen molar-refractivity contribution in [1.29, 1.82) is 0 Å². The zero-order chi connectivity index (χ0) is 20.1. The van der Waals surface area contributed by atoms with Crippen LogP contribution in [-0.2, 0) is 13.1 Å². The quantitative estimate of drug-likeness (QED) is 0.595. The molecular formula is C23H29N5O. The van der Waals surface area contributed by atoms with E-state index in [0.29, 0.717) is 18.3 Å². The maximum absolute atomic E-state index is 5.51. The summed E-state index contributed by atoms with van der Waals surface area (Å²) in [7, 11) is 0. The van der Waals surface area contributed by atoms with Gasteiger partial charge in [-0.1, -0.05) is 49.3 Å². The molecule has 0 N–H and O–H groups in total. The van der Waals surface area contributed by atoms with Crippen molar-refractivity contribution < 1.29 is 4.52 Å². The number of piperidine rings is 1. The molecule has 0 amide bonds. The van der Waals surface area contributed by atoms with Crippen LogP contribution in [0.4, 0.5) is 5.82 Å². The summed E-state index contributed by atoms with van der Waals surface area (Å²) in [6.07, 6.45) is 4.39. The topological polar surface area (TPSA) is 58.3 Å². The molecule has 1 aliphatic heterocycles. The molecular weight excluding hydrogens is 362 g/mol. The molecule has 1 aromatic carbocycles. The summed E-state index contributed by atoms with van der Waals surface area (Å²) in [4.78, 5) is 13.9. The van der Waals surface area contributed by atoms with Gasteiger partial charge in [0.1, 0.15) is 5.82 Å². The molecule has 4 rings (SSSR count). The number of nitrogens with zero attached hydrogens (tertiary/aromatic N) is 5.